The van der Waals surface area contributed by atoms with Gasteiger partial charge in [-0.2, -0.15) is 0 Å². The minimum atomic E-state index is -4.22. The molecule has 0 spiro atoms. The summed E-state index contributed by atoms with van der Waals surface area (Å²) in [6.07, 6.45) is 0.759. The number of aromatic amines is 2. The lowest BCUT2D eigenvalue weighted by Gasteiger charge is -2.03. The molecule has 106 valence electrons. The normalized spacial score (nSPS) is 11.2. The van der Waals surface area contributed by atoms with Crippen molar-refractivity contribution in [3.8, 4) is 0 Å². The van der Waals surface area contributed by atoms with Gasteiger partial charge in [-0.25, -0.2) is 18.0 Å². The highest BCUT2D eigenvalue weighted by Gasteiger charge is 2.20. The fourth-order valence-corrected chi connectivity index (χ4v) is 3.34. The van der Waals surface area contributed by atoms with Gasteiger partial charge < -0.3 is 10.1 Å². The Morgan fingerprint density at radius 3 is 2.55 bits per heavy atom. The number of anilines is 1. The number of hydrogen-bond acceptors (Lipinski definition) is 6. The third-order valence-corrected chi connectivity index (χ3v) is 4.62. The number of nitrogens with one attached hydrogen (secondary N) is 3. The second-order valence-corrected chi connectivity index (χ2v) is 6.25. The first-order chi connectivity index (χ1) is 9.29. The standard InChI is InChI=1S/C9H7N3O6S2/c13-7-5(3-10-9(16)11-7)20(17,18)12-6-2-1-4(19-6)8(14)15/h1-3,12H,(H,14,15)(H2,10,11,13,16). The van der Waals surface area contributed by atoms with Crippen LogP contribution in [0.3, 0.4) is 0 Å². The molecule has 11 heteroatoms. The molecule has 0 amide bonds. The van der Waals surface area contributed by atoms with E-state index in [1.807, 2.05) is 4.98 Å². The highest BCUT2D eigenvalue weighted by Crippen LogP contribution is 2.23. The molecule has 0 bridgehead atoms. The number of sulfonamides is 1. The number of carbonyl (C=O) groups is 1. The second kappa shape index (κ2) is 4.94. The number of aromatic nitrogens is 2. The first kappa shape index (κ1) is 14.0. The van der Waals surface area contributed by atoms with Crippen molar-refractivity contribution in [2.75, 3.05) is 4.72 Å². The van der Waals surface area contributed by atoms with Gasteiger partial charge in [0.1, 0.15) is 9.88 Å². The summed E-state index contributed by atoms with van der Waals surface area (Å²) >= 11 is 0.698. The van der Waals surface area contributed by atoms with Crippen LogP contribution in [0, 0.1) is 0 Å². The van der Waals surface area contributed by atoms with Crippen molar-refractivity contribution in [3.05, 3.63) is 44.0 Å². The molecule has 0 atom stereocenters. The van der Waals surface area contributed by atoms with E-state index in [-0.39, 0.29) is 9.88 Å². The van der Waals surface area contributed by atoms with Crippen LogP contribution in [0.15, 0.2) is 32.8 Å². The maximum atomic E-state index is 11.9. The zero-order valence-electron chi connectivity index (χ0n) is 9.54. The zero-order chi connectivity index (χ0) is 14.9. The summed E-state index contributed by atoms with van der Waals surface area (Å²) < 4.78 is 25.9. The molecule has 20 heavy (non-hydrogen) atoms. The molecule has 2 heterocycles. The number of carboxylic acids is 1. The molecular formula is C9H7N3O6S2. The Hall–Kier alpha value is -2.40. The Labute approximate surface area is 115 Å². The van der Waals surface area contributed by atoms with E-state index in [1.165, 1.54) is 12.1 Å². The van der Waals surface area contributed by atoms with Crippen LogP contribution in [0.2, 0.25) is 0 Å². The Morgan fingerprint density at radius 2 is 2.00 bits per heavy atom. The fourth-order valence-electron chi connectivity index (χ4n) is 1.29. The minimum Gasteiger partial charge on any atom is -0.477 e. The molecule has 0 aliphatic rings. The van der Waals surface area contributed by atoms with Gasteiger partial charge >= 0.3 is 11.7 Å². The molecule has 2 rings (SSSR count). The molecule has 0 aliphatic carbocycles. The third kappa shape index (κ3) is 2.78. The SMILES string of the molecule is O=C(O)c1ccc(NS(=O)(=O)c2c[nH]c(=O)[nH]c2=O)s1. The van der Waals surface area contributed by atoms with E-state index in [0.717, 1.165) is 6.20 Å². The molecule has 0 aliphatic heterocycles. The zero-order valence-corrected chi connectivity index (χ0v) is 11.2. The molecular weight excluding hydrogens is 310 g/mol. The van der Waals surface area contributed by atoms with E-state index in [9.17, 15) is 22.8 Å². The monoisotopic (exact) mass is 317 g/mol. The highest BCUT2D eigenvalue weighted by atomic mass is 32.2. The summed E-state index contributed by atoms with van der Waals surface area (Å²) in [6.45, 7) is 0. The average Bonchev–Trinajstić information content (AvgIpc) is 2.76. The van der Waals surface area contributed by atoms with E-state index in [0.29, 0.717) is 11.3 Å². The molecule has 9 nitrogen and oxygen atoms in total. The van der Waals surface area contributed by atoms with Gasteiger partial charge in [-0.05, 0) is 12.1 Å². The first-order valence-corrected chi connectivity index (χ1v) is 7.27. The van der Waals surface area contributed by atoms with Crippen LogP contribution in [-0.2, 0) is 10.0 Å². The van der Waals surface area contributed by atoms with Crippen molar-refractivity contribution in [2.45, 2.75) is 4.90 Å². The van der Waals surface area contributed by atoms with Crippen LogP contribution in [-0.4, -0.2) is 29.5 Å². The van der Waals surface area contributed by atoms with Gasteiger partial charge in [0, 0.05) is 6.20 Å². The topological polar surface area (TPSA) is 149 Å². The quantitative estimate of drug-likeness (QED) is 0.604. The van der Waals surface area contributed by atoms with Crippen molar-refractivity contribution in [2.24, 2.45) is 0 Å². The third-order valence-electron chi connectivity index (χ3n) is 2.13. The molecule has 0 fully saturated rings. The summed E-state index contributed by atoms with van der Waals surface area (Å²) in [5.74, 6) is -1.19. The van der Waals surface area contributed by atoms with E-state index >= 15 is 0 Å². The minimum absolute atomic E-state index is 0.0352. The van der Waals surface area contributed by atoms with E-state index in [4.69, 9.17) is 5.11 Å². The summed E-state index contributed by atoms with van der Waals surface area (Å²) in [7, 11) is -4.22. The predicted octanol–water partition coefficient (Wildman–Crippen LogP) is -0.376. The maximum absolute atomic E-state index is 11.9. The van der Waals surface area contributed by atoms with Crippen LogP contribution in [0.5, 0.6) is 0 Å². The van der Waals surface area contributed by atoms with Crippen molar-refractivity contribution < 1.29 is 18.3 Å². The van der Waals surface area contributed by atoms with Crippen molar-refractivity contribution in [1.29, 1.82) is 0 Å². The molecule has 0 radical (unpaired) electrons. The summed E-state index contributed by atoms with van der Waals surface area (Å²) in [5, 5.41) is 8.76. The van der Waals surface area contributed by atoms with Gasteiger partial charge in [0.15, 0.2) is 4.90 Å². The Kier molecular flexibility index (Phi) is 3.46. The van der Waals surface area contributed by atoms with Gasteiger partial charge in [0.25, 0.3) is 15.6 Å². The number of carboxylic acid groups (broad SMARTS) is 1. The van der Waals surface area contributed by atoms with Crippen LogP contribution in [0.25, 0.3) is 0 Å². The van der Waals surface area contributed by atoms with E-state index in [2.05, 4.69) is 4.72 Å². The van der Waals surface area contributed by atoms with Crippen LogP contribution >= 0.6 is 11.3 Å². The average molecular weight is 317 g/mol. The first-order valence-electron chi connectivity index (χ1n) is 4.97. The van der Waals surface area contributed by atoms with E-state index in [1.54, 1.807) is 4.98 Å². The van der Waals surface area contributed by atoms with Crippen LogP contribution in [0.4, 0.5) is 5.00 Å². The Bertz CT molecular complexity index is 875. The Morgan fingerprint density at radius 1 is 1.30 bits per heavy atom. The number of thiophene rings is 1. The lowest BCUT2D eigenvalue weighted by Crippen LogP contribution is -2.29. The van der Waals surface area contributed by atoms with Gasteiger partial charge in [-0.15, -0.1) is 11.3 Å². The molecule has 4 N–H and O–H groups in total. The number of rotatable bonds is 4. The number of hydrogen-bond donors (Lipinski definition) is 4. The predicted molar refractivity (Wildman–Crippen MR) is 69.8 cm³/mol. The van der Waals surface area contributed by atoms with Gasteiger partial charge in [-0.1, -0.05) is 0 Å². The molecule has 0 aromatic carbocycles. The van der Waals surface area contributed by atoms with Gasteiger partial charge in [0.2, 0.25) is 0 Å². The molecule has 2 aromatic heterocycles. The number of aromatic carboxylic acids is 1. The van der Waals surface area contributed by atoms with Gasteiger partial charge in [-0.3, -0.25) is 14.5 Å². The smallest absolute Gasteiger partial charge is 0.345 e. The fraction of sp³-hybridized carbons (Fsp3) is 0. The molecule has 2 aromatic rings. The molecule has 0 saturated carbocycles. The van der Waals surface area contributed by atoms with E-state index < -0.39 is 32.1 Å². The van der Waals surface area contributed by atoms with Crippen molar-refractivity contribution in [3.63, 3.8) is 0 Å². The maximum Gasteiger partial charge on any atom is 0.345 e. The largest absolute Gasteiger partial charge is 0.477 e. The van der Waals surface area contributed by atoms with Gasteiger partial charge in [0.05, 0.1) is 0 Å². The Balaban J connectivity index is 2.38. The lowest BCUT2D eigenvalue weighted by molar-refractivity contribution is 0.0702. The summed E-state index contributed by atoms with van der Waals surface area (Å²) in [4.78, 5) is 36.0. The lowest BCUT2D eigenvalue weighted by atomic mass is 10.5. The van der Waals surface area contributed by atoms with Crippen LogP contribution < -0.4 is 16.0 Å². The van der Waals surface area contributed by atoms with Crippen LogP contribution in [0.1, 0.15) is 9.67 Å². The summed E-state index contributed by atoms with van der Waals surface area (Å²) in [6, 6.07) is 2.48. The van der Waals surface area contributed by atoms with Crippen molar-refractivity contribution in [1.82, 2.24) is 9.97 Å². The summed E-state index contributed by atoms with van der Waals surface area (Å²) in [5.41, 5.74) is -1.91. The highest BCUT2D eigenvalue weighted by molar-refractivity contribution is 7.93. The second-order valence-electron chi connectivity index (χ2n) is 3.51. The van der Waals surface area contributed by atoms with Crippen molar-refractivity contribution >= 4 is 32.3 Å². The number of H-pyrrole nitrogens is 2. The molecule has 0 unspecified atom stereocenters. The molecule has 0 saturated heterocycles.